The van der Waals surface area contributed by atoms with Crippen LogP contribution in [0.4, 0.5) is 0 Å². The van der Waals surface area contributed by atoms with Crippen molar-refractivity contribution in [2.45, 2.75) is 11.9 Å². The first-order valence-electron chi connectivity index (χ1n) is 3.83. The average Bonchev–Trinajstić information content (AvgIpc) is 2.15. The molecule has 1 aromatic heterocycles. The van der Waals surface area contributed by atoms with E-state index in [1.54, 1.807) is 6.92 Å². The van der Waals surface area contributed by atoms with E-state index in [0.717, 1.165) is 0 Å². The topological polar surface area (TPSA) is 55.0 Å². The molecule has 0 spiro atoms. The summed E-state index contributed by atoms with van der Waals surface area (Å²) in [6.07, 6.45) is 1.84. The van der Waals surface area contributed by atoms with Crippen LogP contribution in [0.2, 0.25) is 0 Å². The highest BCUT2D eigenvalue weighted by Crippen LogP contribution is 2.19. The summed E-state index contributed by atoms with van der Waals surface area (Å²) in [5.41, 5.74) is 0.334. The Morgan fingerprint density at radius 2 is 2.29 bits per heavy atom. The molecule has 1 rings (SSSR count). The number of thioether (sulfide) groups is 1. The number of H-pyrrole nitrogens is 1. The van der Waals surface area contributed by atoms with Crippen LogP contribution in [0, 0.1) is 11.6 Å². The highest BCUT2D eigenvalue weighted by Gasteiger charge is 2.15. The van der Waals surface area contributed by atoms with E-state index in [2.05, 4.69) is 14.7 Å². The number of carbonyl (C=O) groups excluding carboxylic acids is 1. The van der Waals surface area contributed by atoms with Crippen LogP contribution in [0.15, 0.2) is 5.03 Å². The molecule has 0 aliphatic rings. The molecule has 0 radical (unpaired) electrons. The molecular formula is C8H10N2O2S2. The van der Waals surface area contributed by atoms with Gasteiger partial charge in [-0.25, -0.2) is 9.78 Å². The van der Waals surface area contributed by atoms with Crippen molar-refractivity contribution >= 4 is 29.9 Å². The van der Waals surface area contributed by atoms with E-state index in [1.807, 2.05) is 6.26 Å². The van der Waals surface area contributed by atoms with E-state index in [9.17, 15) is 4.79 Å². The number of hydrogen-bond donors (Lipinski definition) is 1. The molecule has 1 heterocycles. The maximum Gasteiger partial charge on any atom is 0.343 e. The summed E-state index contributed by atoms with van der Waals surface area (Å²) in [5, 5.41) is 0.595. The van der Waals surface area contributed by atoms with Crippen LogP contribution in [-0.2, 0) is 4.74 Å². The average molecular weight is 230 g/mol. The summed E-state index contributed by atoms with van der Waals surface area (Å²) in [6, 6.07) is 0. The maximum atomic E-state index is 11.4. The lowest BCUT2D eigenvalue weighted by Gasteiger charge is -2.05. The molecule has 0 atom stereocenters. The van der Waals surface area contributed by atoms with Crippen LogP contribution >= 0.6 is 24.0 Å². The minimum absolute atomic E-state index is 0.334. The summed E-state index contributed by atoms with van der Waals surface area (Å²) in [6.45, 7) is 1.79. The minimum atomic E-state index is -0.455. The fourth-order valence-electron chi connectivity index (χ4n) is 0.990. The van der Waals surface area contributed by atoms with Crippen molar-refractivity contribution in [3.63, 3.8) is 0 Å². The SMILES string of the molecule is COC(=O)c1c(SC)nc(C)[nH]c1=S. The second kappa shape index (κ2) is 4.56. The first-order valence-corrected chi connectivity index (χ1v) is 5.46. The van der Waals surface area contributed by atoms with Gasteiger partial charge in [-0.1, -0.05) is 12.2 Å². The van der Waals surface area contributed by atoms with E-state index < -0.39 is 5.97 Å². The molecule has 6 heteroatoms. The number of aromatic amines is 1. The van der Waals surface area contributed by atoms with Crippen molar-refractivity contribution in [1.82, 2.24) is 9.97 Å². The summed E-state index contributed by atoms with van der Waals surface area (Å²) in [7, 11) is 1.32. The second-order valence-corrected chi connectivity index (χ2v) is 3.73. The number of aromatic nitrogens is 2. The number of nitrogens with one attached hydrogen (secondary N) is 1. The lowest BCUT2D eigenvalue weighted by Crippen LogP contribution is -2.08. The summed E-state index contributed by atoms with van der Waals surface area (Å²) >= 11 is 6.39. The molecule has 1 N–H and O–H groups in total. The zero-order valence-electron chi connectivity index (χ0n) is 8.08. The fourth-order valence-corrected chi connectivity index (χ4v) is 2.00. The molecule has 14 heavy (non-hydrogen) atoms. The molecule has 0 unspecified atom stereocenters. The normalized spacial score (nSPS) is 9.93. The van der Waals surface area contributed by atoms with E-state index in [-0.39, 0.29) is 0 Å². The van der Waals surface area contributed by atoms with Crippen LogP contribution in [-0.4, -0.2) is 29.3 Å². The Labute approximate surface area is 91.1 Å². The molecule has 0 saturated carbocycles. The zero-order chi connectivity index (χ0) is 10.7. The molecule has 0 fully saturated rings. The summed E-state index contributed by atoms with van der Waals surface area (Å²) < 4.78 is 4.99. The first kappa shape index (κ1) is 11.2. The molecule has 0 aliphatic carbocycles. The van der Waals surface area contributed by atoms with Crippen LogP contribution in [0.1, 0.15) is 16.2 Å². The lowest BCUT2D eigenvalue weighted by atomic mass is 10.3. The van der Waals surface area contributed by atoms with Crippen molar-refractivity contribution in [2.75, 3.05) is 13.4 Å². The van der Waals surface area contributed by atoms with Crippen molar-refractivity contribution in [2.24, 2.45) is 0 Å². The molecule has 4 nitrogen and oxygen atoms in total. The predicted molar refractivity (Wildman–Crippen MR) is 57.3 cm³/mol. The minimum Gasteiger partial charge on any atom is -0.465 e. The number of esters is 1. The Bertz CT molecular complexity index is 414. The van der Waals surface area contributed by atoms with Crippen molar-refractivity contribution < 1.29 is 9.53 Å². The molecular weight excluding hydrogens is 220 g/mol. The van der Waals surface area contributed by atoms with Crippen LogP contribution in [0.3, 0.4) is 0 Å². The lowest BCUT2D eigenvalue weighted by molar-refractivity contribution is 0.0594. The number of hydrogen-bond acceptors (Lipinski definition) is 5. The molecule has 0 saturated heterocycles. The van der Waals surface area contributed by atoms with E-state index >= 15 is 0 Å². The van der Waals surface area contributed by atoms with Gasteiger partial charge in [0, 0.05) is 0 Å². The van der Waals surface area contributed by atoms with Gasteiger partial charge in [-0.05, 0) is 13.2 Å². The van der Waals surface area contributed by atoms with Crippen LogP contribution in [0.25, 0.3) is 0 Å². The molecule has 76 valence electrons. The Morgan fingerprint density at radius 1 is 1.64 bits per heavy atom. The Balaban J connectivity index is 3.40. The van der Waals surface area contributed by atoms with Crippen LogP contribution in [0.5, 0.6) is 0 Å². The zero-order valence-corrected chi connectivity index (χ0v) is 9.71. The third kappa shape index (κ3) is 2.13. The molecule has 0 aliphatic heterocycles. The predicted octanol–water partition coefficient (Wildman–Crippen LogP) is 1.96. The quantitative estimate of drug-likeness (QED) is 0.364. The van der Waals surface area contributed by atoms with Crippen molar-refractivity contribution in [3.05, 3.63) is 16.0 Å². The summed E-state index contributed by atoms with van der Waals surface area (Å²) in [5.74, 6) is 0.232. The van der Waals surface area contributed by atoms with Gasteiger partial charge in [0.25, 0.3) is 0 Å². The van der Waals surface area contributed by atoms with Gasteiger partial charge in [-0.15, -0.1) is 11.8 Å². The van der Waals surface area contributed by atoms with Gasteiger partial charge in [0.05, 0.1) is 7.11 Å². The standard InChI is InChI=1S/C8H10N2O2S2/c1-4-9-6(13)5(8(11)12-2)7(10-4)14-3/h1-3H3,(H,9,10,13). The summed E-state index contributed by atoms with van der Waals surface area (Å²) in [4.78, 5) is 18.3. The number of aryl methyl sites for hydroxylation is 1. The van der Waals surface area contributed by atoms with Gasteiger partial charge in [-0.3, -0.25) is 0 Å². The highest BCUT2D eigenvalue weighted by molar-refractivity contribution is 7.98. The number of ether oxygens (including phenoxy) is 1. The van der Waals surface area contributed by atoms with Gasteiger partial charge >= 0.3 is 5.97 Å². The first-order chi connectivity index (χ1) is 6.60. The van der Waals surface area contributed by atoms with Gasteiger partial charge in [-0.2, -0.15) is 0 Å². The van der Waals surface area contributed by atoms with E-state index in [4.69, 9.17) is 12.2 Å². The number of rotatable bonds is 2. The van der Waals surface area contributed by atoms with Gasteiger partial charge < -0.3 is 9.72 Å². The number of methoxy groups -OCH3 is 1. The maximum absolute atomic E-state index is 11.4. The van der Waals surface area contributed by atoms with Crippen molar-refractivity contribution in [1.29, 1.82) is 0 Å². The molecule has 1 aromatic rings. The molecule has 0 bridgehead atoms. The third-order valence-corrected chi connectivity index (χ3v) is 2.58. The molecule has 0 aromatic carbocycles. The van der Waals surface area contributed by atoms with Crippen LogP contribution < -0.4 is 0 Å². The third-order valence-electron chi connectivity index (χ3n) is 1.59. The van der Waals surface area contributed by atoms with E-state index in [0.29, 0.717) is 21.1 Å². The number of carbonyl (C=O) groups is 1. The highest BCUT2D eigenvalue weighted by atomic mass is 32.2. The Hall–Kier alpha value is -0.880. The fraction of sp³-hybridized carbons (Fsp3) is 0.375. The Morgan fingerprint density at radius 3 is 2.79 bits per heavy atom. The van der Waals surface area contributed by atoms with E-state index in [1.165, 1.54) is 18.9 Å². The smallest absolute Gasteiger partial charge is 0.343 e. The van der Waals surface area contributed by atoms with Gasteiger partial charge in [0.15, 0.2) is 0 Å². The van der Waals surface area contributed by atoms with Crippen molar-refractivity contribution in [3.8, 4) is 0 Å². The van der Waals surface area contributed by atoms with Gasteiger partial charge in [0.2, 0.25) is 0 Å². The Kier molecular flexibility index (Phi) is 3.65. The number of nitrogens with zero attached hydrogens (tertiary/aromatic N) is 1. The molecule has 0 amide bonds. The second-order valence-electron chi connectivity index (χ2n) is 2.53. The largest absolute Gasteiger partial charge is 0.465 e. The van der Waals surface area contributed by atoms with Gasteiger partial charge in [0.1, 0.15) is 21.1 Å². The monoisotopic (exact) mass is 230 g/mol.